The normalized spacial score (nSPS) is 29.1. The van der Waals surface area contributed by atoms with Crippen LogP contribution >= 0.6 is 0 Å². The average Bonchev–Trinajstić information content (AvgIpc) is 2.86. The highest BCUT2D eigenvalue weighted by molar-refractivity contribution is 5.86. The maximum Gasteiger partial charge on any atom is 0.243 e. The molecule has 1 amide bonds. The first-order valence-corrected chi connectivity index (χ1v) is 5.57. The van der Waals surface area contributed by atoms with Crippen LogP contribution in [0.4, 0.5) is 0 Å². The monoisotopic (exact) mass is 208 g/mol. The number of amides is 1. The van der Waals surface area contributed by atoms with Gasteiger partial charge in [-0.3, -0.25) is 4.79 Å². The van der Waals surface area contributed by atoms with Crippen LogP contribution in [0.5, 0.6) is 0 Å². The van der Waals surface area contributed by atoms with E-state index in [4.69, 9.17) is 5.26 Å². The minimum Gasteiger partial charge on any atom is -0.391 e. The second-order valence-electron chi connectivity index (χ2n) is 4.59. The lowest BCUT2D eigenvalue weighted by molar-refractivity contribution is -0.138. The number of nitrogens with zero attached hydrogens (tertiary/aromatic N) is 2. The van der Waals surface area contributed by atoms with Gasteiger partial charge >= 0.3 is 0 Å². The zero-order chi connectivity index (χ0) is 10.9. The van der Waals surface area contributed by atoms with E-state index >= 15 is 0 Å². The van der Waals surface area contributed by atoms with E-state index in [1.807, 2.05) is 0 Å². The Balaban J connectivity index is 2.09. The summed E-state index contributed by atoms with van der Waals surface area (Å²) in [6.45, 7) is 1.01. The second kappa shape index (κ2) is 3.82. The van der Waals surface area contributed by atoms with Crippen molar-refractivity contribution in [2.24, 2.45) is 5.41 Å². The molecule has 4 nitrogen and oxygen atoms in total. The first kappa shape index (κ1) is 10.4. The fourth-order valence-corrected chi connectivity index (χ4v) is 2.58. The standard InChI is InChI=1S/C11H16N2O2/c12-8-11(4-1-2-5-11)10(15)13-6-3-9(14)7-13/h9,14H,1-7H2. The van der Waals surface area contributed by atoms with Gasteiger partial charge in [0.2, 0.25) is 5.91 Å². The Morgan fingerprint density at radius 3 is 2.60 bits per heavy atom. The second-order valence-corrected chi connectivity index (χ2v) is 4.59. The van der Waals surface area contributed by atoms with Gasteiger partial charge in [0, 0.05) is 13.1 Å². The van der Waals surface area contributed by atoms with Crippen LogP contribution in [0.2, 0.25) is 0 Å². The molecular formula is C11H16N2O2. The minimum atomic E-state index is -0.774. The molecule has 0 radical (unpaired) electrons. The molecule has 2 fully saturated rings. The molecular weight excluding hydrogens is 192 g/mol. The molecule has 1 saturated carbocycles. The predicted molar refractivity (Wildman–Crippen MR) is 53.7 cm³/mol. The molecule has 2 aliphatic rings. The van der Waals surface area contributed by atoms with E-state index in [-0.39, 0.29) is 5.91 Å². The lowest BCUT2D eigenvalue weighted by Crippen LogP contribution is -2.41. The Bertz CT molecular complexity index is 302. The zero-order valence-corrected chi connectivity index (χ0v) is 8.78. The van der Waals surface area contributed by atoms with Gasteiger partial charge in [0.25, 0.3) is 0 Å². The average molecular weight is 208 g/mol. The fraction of sp³-hybridized carbons (Fsp3) is 0.818. The Labute approximate surface area is 89.5 Å². The fourth-order valence-electron chi connectivity index (χ4n) is 2.58. The number of likely N-dealkylation sites (tertiary alicyclic amines) is 1. The van der Waals surface area contributed by atoms with Gasteiger partial charge in [0.05, 0.1) is 12.2 Å². The van der Waals surface area contributed by atoms with Gasteiger partial charge in [0.15, 0.2) is 0 Å². The van der Waals surface area contributed by atoms with E-state index in [0.717, 1.165) is 12.8 Å². The van der Waals surface area contributed by atoms with Crippen molar-refractivity contribution < 1.29 is 9.90 Å². The molecule has 1 saturated heterocycles. The van der Waals surface area contributed by atoms with Gasteiger partial charge < -0.3 is 10.0 Å². The van der Waals surface area contributed by atoms with Gasteiger partial charge in [-0.05, 0) is 19.3 Å². The van der Waals surface area contributed by atoms with E-state index in [1.54, 1.807) is 4.90 Å². The summed E-state index contributed by atoms with van der Waals surface area (Å²) in [6.07, 6.45) is 3.56. The van der Waals surface area contributed by atoms with Gasteiger partial charge in [-0.25, -0.2) is 0 Å². The number of aliphatic hydroxyl groups excluding tert-OH is 1. The van der Waals surface area contributed by atoms with Crippen LogP contribution in [0, 0.1) is 16.7 Å². The van der Waals surface area contributed by atoms with Crippen molar-refractivity contribution in [2.45, 2.75) is 38.2 Å². The number of hydrogen-bond acceptors (Lipinski definition) is 3. The molecule has 1 aliphatic heterocycles. The molecule has 1 aliphatic carbocycles. The van der Waals surface area contributed by atoms with E-state index in [0.29, 0.717) is 32.4 Å². The van der Waals surface area contributed by atoms with Crippen molar-refractivity contribution in [1.82, 2.24) is 4.90 Å². The lowest BCUT2D eigenvalue weighted by Gasteiger charge is -2.25. The summed E-state index contributed by atoms with van der Waals surface area (Å²) in [4.78, 5) is 13.8. The molecule has 15 heavy (non-hydrogen) atoms. The molecule has 0 aromatic rings. The van der Waals surface area contributed by atoms with Crippen LogP contribution in [-0.2, 0) is 4.79 Å². The quantitative estimate of drug-likeness (QED) is 0.688. The molecule has 0 aromatic carbocycles. The van der Waals surface area contributed by atoms with Crippen molar-refractivity contribution in [1.29, 1.82) is 5.26 Å². The maximum absolute atomic E-state index is 12.1. The topological polar surface area (TPSA) is 64.3 Å². The largest absolute Gasteiger partial charge is 0.391 e. The van der Waals surface area contributed by atoms with E-state index in [9.17, 15) is 9.90 Å². The third-order valence-electron chi connectivity index (χ3n) is 3.53. The first-order chi connectivity index (χ1) is 7.18. The van der Waals surface area contributed by atoms with Crippen LogP contribution in [0.15, 0.2) is 0 Å². The highest BCUT2D eigenvalue weighted by Gasteiger charge is 2.45. The molecule has 82 valence electrons. The number of aliphatic hydroxyl groups is 1. The SMILES string of the molecule is N#CC1(C(=O)N2CCC(O)C2)CCCC1. The van der Waals surface area contributed by atoms with Crippen molar-refractivity contribution in [3.05, 3.63) is 0 Å². The molecule has 0 aromatic heterocycles. The molecule has 1 N–H and O–H groups in total. The number of β-amino-alcohol motifs (C(OH)–C–C–N with tert-alkyl or cyclic N) is 1. The van der Waals surface area contributed by atoms with Gasteiger partial charge in [-0.2, -0.15) is 5.26 Å². The summed E-state index contributed by atoms with van der Waals surface area (Å²) in [7, 11) is 0. The van der Waals surface area contributed by atoms with E-state index < -0.39 is 11.5 Å². The van der Waals surface area contributed by atoms with E-state index in [1.165, 1.54) is 0 Å². The molecule has 4 heteroatoms. The van der Waals surface area contributed by atoms with Crippen LogP contribution in [0.3, 0.4) is 0 Å². The van der Waals surface area contributed by atoms with Gasteiger partial charge in [-0.15, -0.1) is 0 Å². The first-order valence-electron chi connectivity index (χ1n) is 5.57. The van der Waals surface area contributed by atoms with Crippen LogP contribution in [-0.4, -0.2) is 35.1 Å². The highest BCUT2D eigenvalue weighted by Crippen LogP contribution is 2.39. The number of carbonyl (C=O) groups excluding carboxylic acids is 1. The third-order valence-corrected chi connectivity index (χ3v) is 3.53. The molecule has 0 spiro atoms. The predicted octanol–water partition coefficient (Wildman–Crippen LogP) is 0.664. The van der Waals surface area contributed by atoms with Crippen LogP contribution in [0.25, 0.3) is 0 Å². The van der Waals surface area contributed by atoms with E-state index in [2.05, 4.69) is 6.07 Å². The molecule has 1 atom stereocenters. The Kier molecular flexibility index (Phi) is 2.66. The molecule has 0 bridgehead atoms. The molecule has 1 heterocycles. The Morgan fingerprint density at radius 1 is 1.47 bits per heavy atom. The summed E-state index contributed by atoms with van der Waals surface area (Å²) in [5.41, 5.74) is -0.774. The number of hydrogen-bond donors (Lipinski definition) is 1. The van der Waals surface area contributed by atoms with Crippen molar-refractivity contribution in [3.63, 3.8) is 0 Å². The van der Waals surface area contributed by atoms with Crippen molar-refractivity contribution in [2.75, 3.05) is 13.1 Å². The zero-order valence-electron chi connectivity index (χ0n) is 8.78. The van der Waals surface area contributed by atoms with Gasteiger partial charge in [0.1, 0.15) is 5.41 Å². The summed E-state index contributed by atoms with van der Waals surface area (Å²) >= 11 is 0. The maximum atomic E-state index is 12.1. The molecule has 1 unspecified atom stereocenters. The smallest absolute Gasteiger partial charge is 0.243 e. The van der Waals surface area contributed by atoms with Crippen LogP contribution in [0.1, 0.15) is 32.1 Å². The number of nitriles is 1. The summed E-state index contributed by atoms with van der Waals surface area (Å²) < 4.78 is 0. The lowest BCUT2D eigenvalue weighted by atomic mass is 9.86. The Morgan fingerprint density at radius 2 is 2.13 bits per heavy atom. The Hall–Kier alpha value is -1.08. The third kappa shape index (κ3) is 1.72. The highest BCUT2D eigenvalue weighted by atomic mass is 16.3. The van der Waals surface area contributed by atoms with Crippen molar-refractivity contribution in [3.8, 4) is 6.07 Å². The number of carbonyl (C=O) groups is 1. The van der Waals surface area contributed by atoms with Gasteiger partial charge in [-0.1, -0.05) is 12.8 Å². The summed E-state index contributed by atoms with van der Waals surface area (Å²) in [5, 5.41) is 18.5. The molecule has 2 rings (SSSR count). The van der Waals surface area contributed by atoms with Crippen LogP contribution < -0.4 is 0 Å². The summed E-state index contributed by atoms with van der Waals surface area (Å²) in [5.74, 6) is -0.0564. The summed E-state index contributed by atoms with van der Waals surface area (Å²) in [6, 6.07) is 2.20. The number of rotatable bonds is 1. The van der Waals surface area contributed by atoms with Crippen molar-refractivity contribution >= 4 is 5.91 Å². The minimum absolute atomic E-state index is 0.0564.